The number of ketones is 1. The molecular weight excluding hydrogens is 480 g/mol. The van der Waals surface area contributed by atoms with Gasteiger partial charge in [-0.05, 0) is 49.2 Å². The van der Waals surface area contributed by atoms with E-state index in [1.54, 1.807) is 19.2 Å². The monoisotopic (exact) mass is 502 g/mol. The summed E-state index contributed by atoms with van der Waals surface area (Å²) >= 11 is 0. The van der Waals surface area contributed by atoms with Crippen LogP contribution in [0.1, 0.15) is 40.9 Å². The van der Waals surface area contributed by atoms with Crippen LogP contribution in [-0.2, 0) is 17.5 Å². The predicted molar refractivity (Wildman–Crippen MR) is 123 cm³/mol. The second kappa shape index (κ2) is 9.88. The Morgan fingerprint density at radius 1 is 1.08 bits per heavy atom. The van der Waals surface area contributed by atoms with Crippen molar-refractivity contribution < 1.29 is 27.2 Å². The van der Waals surface area contributed by atoms with Crippen molar-refractivity contribution in [3.8, 4) is 0 Å². The Morgan fingerprint density at radius 2 is 1.86 bits per heavy atom. The first-order valence-corrected chi connectivity index (χ1v) is 11.0. The molecule has 1 aliphatic rings. The van der Waals surface area contributed by atoms with Gasteiger partial charge in [0, 0.05) is 19.0 Å². The van der Waals surface area contributed by atoms with Crippen molar-refractivity contribution in [1.29, 1.82) is 0 Å². The first-order valence-electron chi connectivity index (χ1n) is 11.0. The van der Waals surface area contributed by atoms with Gasteiger partial charge in [-0.3, -0.25) is 14.6 Å². The van der Waals surface area contributed by atoms with Crippen LogP contribution in [0.2, 0.25) is 0 Å². The molecule has 0 aliphatic heterocycles. The fourth-order valence-corrected chi connectivity index (χ4v) is 3.66. The molecule has 0 spiro atoms. The van der Waals surface area contributed by atoms with Gasteiger partial charge in [-0.25, -0.2) is 4.39 Å². The summed E-state index contributed by atoms with van der Waals surface area (Å²) in [6, 6.07) is 6.98. The molecule has 2 aromatic heterocycles. The number of anilines is 3. The van der Waals surface area contributed by atoms with Gasteiger partial charge in [-0.2, -0.15) is 18.3 Å². The third kappa shape index (κ3) is 5.75. The summed E-state index contributed by atoms with van der Waals surface area (Å²) in [4.78, 5) is 29.6. The molecule has 1 saturated carbocycles. The molecule has 4 rings (SSSR count). The van der Waals surface area contributed by atoms with Crippen LogP contribution >= 0.6 is 0 Å². The Bertz CT molecular complexity index is 1280. The number of pyridine rings is 1. The van der Waals surface area contributed by atoms with E-state index in [-0.39, 0.29) is 36.0 Å². The second-order valence-electron chi connectivity index (χ2n) is 8.49. The zero-order valence-corrected chi connectivity index (χ0v) is 19.1. The summed E-state index contributed by atoms with van der Waals surface area (Å²) in [7, 11) is 1.66. The minimum Gasteiger partial charge on any atom is -0.372 e. The first kappa shape index (κ1) is 25.0. The molecule has 0 unspecified atom stereocenters. The van der Waals surface area contributed by atoms with E-state index in [9.17, 15) is 27.2 Å². The number of carbonyl (C=O) groups is 2. The van der Waals surface area contributed by atoms with Crippen LogP contribution < -0.4 is 16.0 Å². The van der Waals surface area contributed by atoms with Gasteiger partial charge in [-0.1, -0.05) is 0 Å². The standard InChI is InChI=1S/C24H22F4N6O2/c1-29-21-8-14(11-32-34-21)20(35)10-23(6-7-23)22(36)31-12-16-3-4-17(13-30-16)33-19-5-2-15(25)9-18(19)24(26,27)28/h2-5,8-9,11,13,33H,6-7,10,12H2,1H3,(H,29,34)(H,31,36). The molecule has 12 heteroatoms. The third-order valence-electron chi connectivity index (χ3n) is 5.89. The summed E-state index contributed by atoms with van der Waals surface area (Å²) < 4.78 is 52.9. The Morgan fingerprint density at radius 3 is 2.50 bits per heavy atom. The van der Waals surface area contributed by atoms with Crippen LogP contribution in [-0.4, -0.2) is 33.9 Å². The van der Waals surface area contributed by atoms with E-state index in [0.29, 0.717) is 36.0 Å². The molecule has 1 aliphatic carbocycles. The molecule has 36 heavy (non-hydrogen) atoms. The maximum Gasteiger partial charge on any atom is 0.418 e. The molecule has 0 bridgehead atoms. The molecule has 2 heterocycles. The molecule has 188 valence electrons. The topological polar surface area (TPSA) is 109 Å². The van der Waals surface area contributed by atoms with Crippen molar-refractivity contribution in [3.05, 3.63) is 71.4 Å². The van der Waals surface area contributed by atoms with Crippen molar-refractivity contribution in [3.63, 3.8) is 0 Å². The largest absolute Gasteiger partial charge is 0.418 e. The second-order valence-corrected chi connectivity index (χ2v) is 8.49. The highest BCUT2D eigenvalue weighted by atomic mass is 19.4. The van der Waals surface area contributed by atoms with E-state index < -0.39 is 23.0 Å². The number of rotatable bonds is 9. The number of benzene rings is 1. The fraction of sp³-hybridized carbons (Fsp3) is 0.292. The SMILES string of the molecule is CNc1cc(C(=O)CC2(C(=O)NCc3ccc(Nc4ccc(F)cc4C(F)(F)F)cn3)CC2)cnn1. The molecule has 8 nitrogen and oxygen atoms in total. The van der Waals surface area contributed by atoms with Gasteiger partial charge >= 0.3 is 6.18 Å². The lowest BCUT2D eigenvalue weighted by atomic mass is 9.95. The van der Waals surface area contributed by atoms with Crippen molar-refractivity contribution in [1.82, 2.24) is 20.5 Å². The Balaban J connectivity index is 1.35. The summed E-state index contributed by atoms with van der Waals surface area (Å²) in [6.07, 6.45) is -0.846. The number of Topliss-reactive ketones (excluding diaryl/α,β-unsaturated/α-hetero) is 1. The lowest BCUT2D eigenvalue weighted by molar-refractivity contribution is -0.137. The number of hydrogen-bond donors (Lipinski definition) is 3. The van der Waals surface area contributed by atoms with E-state index >= 15 is 0 Å². The van der Waals surface area contributed by atoms with Crippen molar-refractivity contribution in [2.24, 2.45) is 5.41 Å². The molecule has 3 N–H and O–H groups in total. The normalized spacial score (nSPS) is 14.1. The van der Waals surface area contributed by atoms with Gasteiger partial charge in [0.15, 0.2) is 5.78 Å². The zero-order valence-electron chi connectivity index (χ0n) is 19.1. The van der Waals surface area contributed by atoms with Crippen LogP contribution in [0.3, 0.4) is 0 Å². The van der Waals surface area contributed by atoms with E-state index in [0.717, 1.165) is 12.1 Å². The average Bonchev–Trinajstić information content (AvgIpc) is 3.64. The maximum absolute atomic E-state index is 13.3. The summed E-state index contributed by atoms with van der Waals surface area (Å²) in [5.41, 5.74) is -1.11. The van der Waals surface area contributed by atoms with Crippen LogP contribution in [0.5, 0.6) is 0 Å². The van der Waals surface area contributed by atoms with Gasteiger partial charge in [-0.15, -0.1) is 5.10 Å². The minimum absolute atomic E-state index is 0.0448. The summed E-state index contributed by atoms with van der Waals surface area (Å²) in [5.74, 6) is -1.01. The lowest BCUT2D eigenvalue weighted by Crippen LogP contribution is -2.33. The first-order chi connectivity index (χ1) is 17.1. The summed E-state index contributed by atoms with van der Waals surface area (Å²) in [5, 5.41) is 15.8. The number of alkyl halides is 3. The highest BCUT2D eigenvalue weighted by Gasteiger charge is 2.51. The van der Waals surface area contributed by atoms with Crippen molar-refractivity contribution in [2.45, 2.75) is 32.0 Å². The maximum atomic E-state index is 13.3. The van der Waals surface area contributed by atoms with Crippen molar-refractivity contribution in [2.75, 3.05) is 17.7 Å². The number of amides is 1. The van der Waals surface area contributed by atoms with Crippen molar-refractivity contribution >= 4 is 28.9 Å². The molecule has 1 fully saturated rings. The van der Waals surface area contributed by atoms with Crippen LogP contribution in [0.4, 0.5) is 34.8 Å². The Labute approximate surface area is 203 Å². The molecule has 0 atom stereocenters. The smallest absolute Gasteiger partial charge is 0.372 e. The number of halogens is 4. The number of carbonyl (C=O) groups excluding carboxylic acids is 2. The quantitative estimate of drug-likeness (QED) is 0.292. The Kier molecular flexibility index (Phi) is 6.86. The minimum atomic E-state index is -4.73. The lowest BCUT2D eigenvalue weighted by Gasteiger charge is -2.16. The van der Waals surface area contributed by atoms with Crippen LogP contribution in [0.15, 0.2) is 48.8 Å². The fourth-order valence-electron chi connectivity index (χ4n) is 3.66. The number of nitrogens with zero attached hydrogens (tertiary/aromatic N) is 3. The van der Waals surface area contributed by atoms with Crippen LogP contribution in [0.25, 0.3) is 0 Å². The highest BCUT2D eigenvalue weighted by Crippen LogP contribution is 2.49. The van der Waals surface area contributed by atoms with Gasteiger partial charge in [0.2, 0.25) is 5.91 Å². The third-order valence-corrected chi connectivity index (χ3v) is 5.89. The number of nitrogens with one attached hydrogen (secondary N) is 3. The molecule has 1 aromatic carbocycles. The number of aromatic nitrogens is 3. The van der Waals surface area contributed by atoms with Gasteiger partial charge in [0.25, 0.3) is 0 Å². The van der Waals surface area contributed by atoms with Gasteiger partial charge in [0.1, 0.15) is 11.6 Å². The zero-order chi connectivity index (χ0) is 25.9. The molecule has 1 amide bonds. The van der Waals surface area contributed by atoms with Gasteiger partial charge < -0.3 is 16.0 Å². The van der Waals surface area contributed by atoms with E-state index in [2.05, 4.69) is 31.1 Å². The average molecular weight is 502 g/mol. The molecular formula is C24H22F4N6O2. The van der Waals surface area contributed by atoms with Gasteiger partial charge in [0.05, 0.1) is 47.0 Å². The van der Waals surface area contributed by atoms with E-state index in [4.69, 9.17) is 0 Å². The predicted octanol–water partition coefficient (Wildman–Crippen LogP) is 4.48. The molecule has 0 saturated heterocycles. The Hall–Kier alpha value is -4.09. The van der Waals surface area contributed by atoms with Crippen LogP contribution in [0, 0.1) is 11.2 Å². The highest BCUT2D eigenvalue weighted by molar-refractivity contribution is 6.00. The van der Waals surface area contributed by atoms with E-state index in [1.807, 2.05) is 0 Å². The number of hydrogen-bond acceptors (Lipinski definition) is 7. The molecule has 3 aromatic rings. The summed E-state index contributed by atoms with van der Waals surface area (Å²) in [6.45, 7) is 0.0835. The molecule has 0 radical (unpaired) electrons. The van der Waals surface area contributed by atoms with E-state index in [1.165, 1.54) is 18.5 Å².